The fourth-order valence-corrected chi connectivity index (χ4v) is 4.50. The van der Waals surface area contributed by atoms with Gasteiger partial charge in [0, 0.05) is 48.2 Å². The van der Waals surface area contributed by atoms with Crippen LogP contribution in [0.1, 0.15) is 15.9 Å². The first-order valence-corrected chi connectivity index (χ1v) is 9.06. The molecule has 3 aliphatic rings. The molecule has 0 radical (unpaired) electrons. The molecule has 2 aliphatic heterocycles. The Morgan fingerprint density at radius 3 is 2.70 bits per heavy atom. The first-order valence-electron chi connectivity index (χ1n) is 9.06. The number of carboxylic acid groups (broad SMARTS) is 1. The van der Waals surface area contributed by atoms with E-state index < -0.39 is 22.8 Å². The smallest absolute Gasteiger partial charge is 0.345 e. The summed E-state index contributed by atoms with van der Waals surface area (Å²) < 4.78 is 0. The second kappa shape index (κ2) is 5.50. The number of benzene rings is 1. The highest BCUT2D eigenvalue weighted by Gasteiger charge is 2.53. The topological polar surface area (TPSA) is 132 Å². The molecule has 8 heteroatoms. The predicted octanol–water partition coefficient (Wildman–Crippen LogP) is 0.807. The van der Waals surface area contributed by atoms with E-state index in [1.807, 2.05) is 18.2 Å². The van der Waals surface area contributed by atoms with Gasteiger partial charge in [0.1, 0.15) is 5.75 Å². The number of nitrogens with two attached hydrogens (primary N) is 1. The molecule has 27 heavy (non-hydrogen) atoms. The number of aromatic carboxylic acids is 1. The van der Waals surface area contributed by atoms with Crippen molar-refractivity contribution in [3.63, 3.8) is 0 Å². The van der Waals surface area contributed by atoms with Crippen LogP contribution in [0.15, 0.2) is 23.0 Å². The summed E-state index contributed by atoms with van der Waals surface area (Å²) in [5.74, 6) is -0.718. The van der Waals surface area contributed by atoms with Crippen LogP contribution in [-0.4, -0.2) is 46.8 Å². The average Bonchev–Trinajstić information content (AvgIpc) is 3.06. The van der Waals surface area contributed by atoms with Gasteiger partial charge in [-0.3, -0.25) is 4.79 Å². The number of hydrogen-bond donors (Lipinski definition) is 5. The first-order chi connectivity index (χ1) is 13.0. The van der Waals surface area contributed by atoms with Crippen molar-refractivity contribution in [2.75, 3.05) is 29.9 Å². The minimum absolute atomic E-state index is 0.337. The molecule has 0 amide bonds. The molecule has 0 bridgehead atoms. The number of nitrogens with zero attached hydrogens (tertiary/aromatic N) is 1. The molecule has 1 aliphatic carbocycles. The molecular weight excluding hydrogens is 348 g/mol. The number of H-pyrrole nitrogens is 1. The molecule has 6 N–H and O–H groups in total. The lowest BCUT2D eigenvalue weighted by Gasteiger charge is -2.23. The summed E-state index contributed by atoms with van der Waals surface area (Å²) in [4.78, 5) is 28.5. The maximum atomic E-state index is 12.2. The Morgan fingerprint density at radius 1 is 1.26 bits per heavy atom. The molecule has 0 spiro atoms. The van der Waals surface area contributed by atoms with Crippen molar-refractivity contribution in [2.45, 2.75) is 12.5 Å². The van der Waals surface area contributed by atoms with Gasteiger partial charge in [-0.15, -0.1) is 0 Å². The molecule has 1 aromatic heterocycles. The van der Waals surface area contributed by atoms with Crippen LogP contribution in [0.4, 0.5) is 11.4 Å². The number of nitrogens with one attached hydrogen (secondary N) is 2. The lowest BCUT2D eigenvalue weighted by Crippen LogP contribution is -2.27. The standard InChI is InChI=1S/C19H20N4O4/c20-15-11-6-23(7-12(11)15)8-1-2-9-13(5-8)21-4-3-10-16(9)22-18(25)14(17(10)24)19(26)27/h1-2,5,11-12,15,21H,3-4,6-7,20H2,(H,26,27)(H2,22,24,25)/t11-,12+,15+. The fraction of sp³-hybridized carbons (Fsp3) is 0.368. The van der Waals surface area contributed by atoms with Gasteiger partial charge in [-0.25, -0.2) is 4.79 Å². The van der Waals surface area contributed by atoms with Crippen molar-refractivity contribution >= 4 is 17.3 Å². The van der Waals surface area contributed by atoms with Gasteiger partial charge in [0.2, 0.25) is 0 Å². The number of aromatic nitrogens is 1. The minimum Gasteiger partial charge on any atom is -0.506 e. The summed E-state index contributed by atoms with van der Waals surface area (Å²) >= 11 is 0. The third-order valence-electron chi connectivity index (χ3n) is 6.09. The Balaban J connectivity index is 1.57. The van der Waals surface area contributed by atoms with Gasteiger partial charge >= 0.3 is 5.97 Å². The quantitative estimate of drug-likeness (QED) is 0.530. The molecule has 0 unspecified atom stereocenters. The van der Waals surface area contributed by atoms with E-state index in [4.69, 9.17) is 5.73 Å². The van der Waals surface area contributed by atoms with E-state index in [0.29, 0.717) is 42.1 Å². The summed E-state index contributed by atoms with van der Waals surface area (Å²) in [6, 6.07) is 6.28. The van der Waals surface area contributed by atoms with E-state index in [-0.39, 0.29) is 0 Å². The van der Waals surface area contributed by atoms with E-state index in [1.54, 1.807) is 0 Å². The van der Waals surface area contributed by atoms with Crippen LogP contribution in [-0.2, 0) is 6.42 Å². The van der Waals surface area contributed by atoms with Crippen molar-refractivity contribution in [3.8, 4) is 17.0 Å². The number of aromatic hydroxyl groups is 1. The SMILES string of the molecule is N[C@@H]1[C@H]2CN(c3ccc4c(c3)NCCc3c-4[nH]c(=O)c(C(=O)O)c3O)C[C@@H]12. The highest BCUT2D eigenvalue weighted by atomic mass is 16.4. The van der Waals surface area contributed by atoms with E-state index in [2.05, 4.69) is 15.2 Å². The monoisotopic (exact) mass is 368 g/mol. The molecule has 5 rings (SSSR count). The van der Waals surface area contributed by atoms with Crippen molar-refractivity contribution in [1.82, 2.24) is 4.98 Å². The number of carbonyl (C=O) groups is 1. The summed E-state index contributed by atoms with van der Waals surface area (Å²) in [6.45, 7) is 2.44. The summed E-state index contributed by atoms with van der Waals surface area (Å²) in [6.07, 6.45) is 0.408. The average molecular weight is 368 g/mol. The number of hydrogen-bond acceptors (Lipinski definition) is 6. The number of anilines is 2. The number of pyridine rings is 1. The number of fused-ring (bicyclic) bond motifs is 4. The minimum atomic E-state index is -1.44. The number of carboxylic acids is 1. The first kappa shape index (κ1) is 16.2. The van der Waals surface area contributed by atoms with Gasteiger partial charge in [-0.05, 0) is 36.5 Å². The highest BCUT2D eigenvalue weighted by Crippen LogP contribution is 2.46. The Bertz CT molecular complexity index is 1020. The number of rotatable bonds is 2. The molecule has 2 aromatic rings. The van der Waals surface area contributed by atoms with Crippen LogP contribution < -0.4 is 21.5 Å². The normalized spacial score (nSPS) is 25.1. The van der Waals surface area contributed by atoms with Crippen molar-refractivity contribution < 1.29 is 15.0 Å². The Kier molecular flexibility index (Phi) is 3.30. The van der Waals surface area contributed by atoms with E-state index in [9.17, 15) is 19.8 Å². The second-order valence-corrected chi connectivity index (χ2v) is 7.55. The van der Waals surface area contributed by atoms with Crippen LogP contribution in [0.2, 0.25) is 0 Å². The summed E-state index contributed by atoms with van der Waals surface area (Å²) in [5, 5.41) is 22.9. The Labute approximate surface area is 154 Å². The van der Waals surface area contributed by atoms with Gasteiger partial charge in [-0.1, -0.05) is 0 Å². The third kappa shape index (κ3) is 2.33. The van der Waals surface area contributed by atoms with Gasteiger partial charge < -0.3 is 31.1 Å². The van der Waals surface area contributed by atoms with Gasteiger partial charge in [0.25, 0.3) is 5.56 Å². The van der Waals surface area contributed by atoms with Crippen LogP contribution in [0.3, 0.4) is 0 Å². The molecule has 2 fully saturated rings. The molecule has 1 saturated heterocycles. The van der Waals surface area contributed by atoms with Gasteiger partial charge in [0.05, 0.1) is 5.69 Å². The Hall–Kier alpha value is -3.00. The van der Waals surface area contributed by atoms with Crippen LogP contribution in [0, 0.1) is 11.8 Å². The highest BCUT2D eigenvalue weighted by molar-refractivity contribution is 5.93. The van der Waals surface area contributed by atoms with E-state index in [0.717, 1.165) is 30.0 Å². The van der Waals surface area contributed by atoms with Crippen molar-refractivity contribution in [2.24, 2.45) is 17.6 Å². The zero-order valence-electron chi connectivity index (χ0n) is 14.5. The zero-order valence-corrected chi connectivity index (χ0v) is 14.5. The van der Waals surface area contributed by atoms with E-state index in [1.165, 1.54) is 0 Å². The predicted molar refractivity (Wildman–Crippen MR) is 100 cm³/mol. The van der Waals surface area contributed by atoms with Crippen LogP contribution in [0.25, 0.3) is 11.3 Å². The molecule has 8 nitrogen and oxygen atoms in total. The lowest BCUT2D eigenvalue weighted by atomic mass is 10.00. The largest absolute Gasteiger partial charge is 0.506 e. The molecule has 1 aromatic carbocycles. The fourth-order valence-electron chi connectivity index (χ4n) is 4.50. The Morgan fingerprint density at radius 2 is 2.00 bits per heavy atom. The molecular formula is C19H20N4O4. The maximum absolute atomic E-state index is 12.2. The number of aromatic amines is 1. The van der Waals surface area contributed by atoms with Gasteiger partial charge in [0.15, 0.2) is 5.56 Å². The lowest BCUT2D eigenvalue weighted by molar-refractivity contribution is 0.0691. The second-order valence-electron chi connectivity index (χ2n) is 7.55. The molecule has 3 atom stereocenters. The summed E-state index contributed by atoms with van der Waals surface area (Å²) in [5.41, 5.74) is 8.22. The van der Waals surface area contributed by atoms with E-state index >= 15 is 0 Å². The molecule has 140 valence electrons. The van der Waals surface area contributed by atoms with Crippen molar-refractivity contribution in [1.29, 1.82) is 0 Å². The van der Waals surface area contributed by atoms with Crippen LogP contribution >= 0.6 is 0 Å². The van der Waals surface area contributed by atoms with Crippen molar-refractivity contribution in [3.05, 3.63) is 39.7 Å². The summed E-state index contributed by atoms with van der Waals surface area (Å²) in [7, 11) is 0. The van der Waals surface area contributed by atoms with Crippen LogP contribution in [0.5, 0.6) is 5.75 Å². The maximum Gasteiger partial charge on any atom is 0.345 e. The molecule has 1 saturated carbocycles. The number of piperidine rings is 1. The third-order valence-corrected chi connectivity index (χ3v) is 6.09. The van der Waals surface area contributed by atoms with Gasteiger partial charge in [-0.2, -0.15) is 0 Å². The molecule has 3 heterocycles. The zero-order chi connectivity index (χ0) is 18.9.